The van der Waals surface area contributed by atoms with Crippen LogP contribution in [0.15, 0.2) is 48.8 Å². The molecule has 2 aromatic heterocycles. The predicted molar refractivity (Wildman–Crippen MR) is 84.8 cm³/mol. The summed E-state index contributed by atoms with van der Waals surface area (Å²) in [6.45, 7) is 1.96. The summed E-state index contributed by atoms with van der Waals surface area (Å²) in [6.07, 6.45) is 3.17. The third kappa shape index (κ3) is 2.92. The number of fused-ring (bicyclic) bond motifs is 1. The number of hydrogen-bond acceptors (Lipinski definition) is 4. The molecule has 0 fully saturated rings. The second kappa shape index (κ2) is 6.12. The van der Waals surface area contributed by atoms with Gasteiger partial charge in [0.25, 0.3) is 0 Å². The lowest BCUT2D eigenvalue weighted by molar-refractivity contribution is 0.0474. The monoisotopic (exact) mass is 312 g/mol. The van der Waals surface area contributed by atoms with Crippen LogP contribution >= 0.6 is 11.6 Å². The van der Waals surface area contributed by atoms with Gasteiger partial charge in [0.2, 0.25) is 0 Å². The van der Waals surface area contributed by atoms with Crippen LogP contribution in [-0.4, -0.2) is 15.9 Å². The SMILES string of the molecule is Cc1ccc2cccc(C(=O)OCc3cnccc3Cl)c2n1. The average molecular weight is 313 g/mol. The van der Waals surface area contributed by atoms with Gasteiger partial charge in [-0.25, -0.2) is 4.79 Å². The summed E-state index contributed by atoms with van der Waals surface area (Å²) in [4.78, 5) is 20.7. The number of benzene rings is 1. The van der Waals surface area contributed by atoms with Crippen molar-refractivity contribution in [2.75, 3.05) is 0 Å². The molecule has 0 aliphatic heterocycles. The first-order valence-corrected chi connectivity index (χ1v) is 7.15. The number of esters is 1. The first kappa shape index (κ1) is 14.5. The van der Waals surface area contributed by atoms with Gasteiger partial charge in [-0.15, -0.1) is 0 Å². The lowest BCUT2D eigenvalue weighted by Crippen LogP contribution is -2.07. The molecule has 0 atom stereocenters. The minimum atomic E-state index is -0.427. The topological polar surface area (TPSA) is 52.1 Å². The molecule has 0 N–H and O–H groups in total. The molecule has 1 aromatic carbocycles. The fraction of sp³-hybridized carbons (Fsp3) is 0.118. The van der Waals surface area contributed by atoms with Gasteiger partial charge >= 0.3 is 5.97 Å². The van der Waals surface area contributed by atoms with Gasteiger partial charge in [-0.3, -0.25) is 9.97 Å². The van der Waals surface area contributed by atoms with E-state index in [1.807, 2.05) is 31.2 Å². The molecule has 0 aliphatic carbocycles. The molecule has 0 bridgehead atoms. The Morgan fingerprint density at radius 3 is 2.91 bits per heavy atom. The number of para-hydroxylation sites is 1. The van der Waals surface area contributed by atoms with Crippen LogP contribution in [0, 0.1) is 6.92 Å². The van der Waals surface area contributed by atoms with Crippen LogP contribution in [0.25, 0.3) is 10.9 Å². The summed E-state index contributed by atoms with van der Waals surface area (Å²) < 4.78 is 5.34. The Hall–Kier alpha value is -2.46. The van der Waals surface area contributed by atoms with E-state index in [0.29, 0.717) is 21.7 Å². The van der Waals surface area contributed by atoms with Crippen molar-refractivity contribution in [1.29, 1.82) is 0 Å². The quantitative estimate of drug-likeness (QED) is 0.687. The molecule has 2 heterocycles. The van der Waals surface area contributed by atoms with E-state index in [0.717, 1.165) is 11.1 Å². The van der Waals surface area contributed by atoms with E-state index in [2.05, 4.69) is 9.97 Å². The van der Waals surface area contributed by atoms with E-state index in [-0.39, 0.29) is 6.61 Å². The molecule has 110 valence electrons. The lowest BCUT2D eigenvalue weighted by atomic mass is 10.1. The van der Waals surface area contributed by atoms with E-state index < -0.39 is 5.97 Å². The van der Waals surface area contributed by atoms with Gasteiger partial charge in [0.05, 0.1) is 16.1 Å². The Kier molecular flexibility index (Phi) is 4.02. The summed E-state index contributed by atoms with van der Waals surface area (Å²) in [7, 11) is 0. The lowest BCUT2D eigenvalue weighted by Gasteiger charge is -2.08. The van der Waals surface area contributed by atoms with Gasteiger partial charge in [0, 0.05) is 29.0 Å². The number of rotatable bonds is 3. The molecule has 0 radical (unpaired) electrons. The molecule has 5 heteroatoms. The van der Waals surface area contributed by atoms with Gasteiger partial charge in [-0.1, -0.05) is 29.8 Å². The van der Waals surface area contributed by atoms with E-state index in [4.69, 9.17) is 16.3 Å². The van der Waals surface area contributed by atoms with Crippen LogP contribution in [0.2, 0.25) is 5.02 Å². The molecule has 0 spiro atoms. The highest BCUT2D eigenvalue weighted by atomic mass is 35.5. The van der Waals surface area contributed by atoms with Crippen molar-refractivity contribution in [3.05, 3.63) is 70.6 Å². The zero-order valence-electron chi connectivity index (χ0n) is 11.9. The Morgan fingerprint density at radius 1 is 1.23 bits per heavy atom. The molecular formula is C17H13ClN2O2. The number of ether oxygens (including phenoxy) is 1. The van der Waals surface area contributed by atoms with Crippen molar-refractivity contribution in [2.45, 2.75) is 13.5 Å². The number of carbonyl (C=O) groups is 1. The summed E-state index contributed by atoms with van der Waals surface area (Å²) in [5.41, 5.74) is 2.61. The molecule has 0 unspecified atom stereocenters. The van der Waals surface area contributed by atoms with Crippen molar-refractivity contribution >= 4 is 28.5 Å². The first-order valence-electron chi connectivity index (χ1n) is 6.77. The van der Waals surface area contributed by atoms with Gasteiger partial charge in [0.1, 0.15) is 6.61 Å². The number of carbonyl (C=O) groups excluding carboxylic acids is 1. The second-order valence-electron chi connectivity index (χ2n) is 4.87. The maximum atomic E-state index is 12.3. The molecule has 3 aromatic rings. The maximum Gasteiger partial charge on any atom is 0.340 e. The number of aryl methyl sites for hydroxylation is 1. The number of hydrogen-bond donors (Lipinski definition) is 0. The van der Waals surface area contributed by atoms with Crippen molar-refractivity contribution < 1.29 is 9.53 Å². The molecule has 0 amide bonds. The average Bonchev–Trinajstić information content (AvgIpc) is 2.53. The first-order chi connectivity index (χ1) is 10.6. The minimum absolute atomic E-state index is 0.0771. The Bertz CT molecular complexity index is 849. The van der Waals surface area contributed by atoms with E-state index in [1.54, 1.807) is 24.5 Å². The number of aromatic nitrogens is 2. The van der Waals surface area contributed by atoms with E-state index in [9.17, 15) is 4.79 Å². The summed E-state index contributed by atoms with van der Waals surface area (Å²) in [5.74, 6) is -0.427. The molecule has 0 aliphatic rings. The van der Waals surface area contributed by atoms with Crippen molar-refractivity contribution in [2.24, 2.45) is 0 Å². The number of nitrogens with zero attached hydrogens (tertiary/aromatic N) is 2. The highest BCUT2D eigenvalue weighted by Crippen LogP contribution is 2.20. The Morgan fingerprint density at radius 2 is 2.09 bits per heavy atom. The third-order valence-electron chi connectivity index (χ3n) is 3.28. The highest BCUT2D eigenvalue weighted by Gasteiger charge is 2.13. The molecule has 22 heavy (non-hydrogen) atoms. The van der Waals surface area contributed by atoms with Gasteiger partial charge < -0.3 is 4.74 Å². The van der Waals surface area contributed by atoms with Gasteiger partial charge in [-0.05, 0) is 25.1 Å². The van der Waals surface area contributed by atoms with Crippen LogP contribution in [-0.2, 0) is 11.3 Å². The number of pyridine rings is 2. The van der Waals surface area contributed by atoms with E-state index in [1.165, 1.54) is 0 Å². The summed E-state index contributed by atoms with van der Waals surface area (Å²) >= 11 is 6.03. The largest absolute Gasteiger partial charge is 0.457 e. The van der Waals surface area contributed by atoms with Crippen molar-refractivity contribution in [3.8, 4) is 0 Å². The van der Waals surface area contributed by atoms with Crippen molar-refractivity contribution in [1.82, 2.24) is 9.97 Å². The fourth-order valence-corrected chi connectivity index (χ4v) is 2.31. The van der Waals surface area contributed by atoms with E-state index >= 15 is 0 Å². The zero-order chi connectivity index (χ0) is 15.5. The Balaban J connectivity index is 1.86. The zero-order valence-corrected chi connectivity index (χ0v) is 12.7. The maximum absolute atomic E-state index is 12.3. The van der Waals surface area contributed by atoms with Crippen LogP contribution in [0.3, 0.4) is 0 Å². The van der Waals surface area contributed by atoms with Crippen LogP contribution in [0.4, 0.5) is 0 Å². The Labute approximate surface area is 132 Å². The highest BCUT2D eigenvalue weighted by molar-refractivity contribution is 6.31. The van der Waals surface area contributed by atoms with Crippen LogP contribution in [0.5, 0.6) is 0 Å². The second-order valence-corrected chi connectivity index (χ2v) is 5.28. The molecular weight excluding hydrogens is 300 g/mol. The normalized spacial score (nSPS) is 10.6. The number of halogens is 1. The molecule has 0 saturated heterocycles. The van der Waals surface area contributed by atoms with Crippen LogP contribution < -0.4 is 0 Å². The van der Waals surface area contributed by atoms with Crippen LogP contribution in [0.1, 0.15) is 21.6 Å². The van der Waals surface area contributed by atoms with Gasteiger partial charge in [-0.2, -0.15) is 0 Å². The molecule has 4 nitrogen and oxygen atoms in total. The van der Waals surface area contributed by atoms with Crippen molar-refractivity contribution in [3.63, 3.8) is 0 Å². The fourth-order valence-electron chi connectivity index (χ4n) is 2.15. The minimum Gasteiger partial charge on any atom is -0.457 e. The molecule has 3 rings (SSSR count). The third-order valence-corrected chi connectivity index (χ3v) is 3.65. The summed E-state index contributed by atoms with van der Waals surface area (Å²) in [6, 6.07) is 10.9. The predicted octanol–water partition coefficient (Wildman–Crippen LogP) is 3.95. The smallest absolute Gasteiger partial charge is 0.340 e. The molecule has 0 saturated carbocycles. The van der Waals surface area contributed by atoms with Gasteiger partial charge in [0.15, 0.2) is 0 Å². The summed E-state index contributed by atoms with van der Waals surface area (Å²) in [5, 5.41) is 1.43. The standard InChI is InChI=1S/C17H13ClN2O2/c1-11-5-6-12-3-2-4-14(16(12)20-11)17(21)22-10-13-9-19-8-7-15(13)18/h2-9H,10H2,1H3.